The first-order chi connectivity index (χ1) is 30.0. The van der Waals surface area contributed by atoms with Gasteiger partial charge in [0.1, 0.15) is 29.3 Å². The number of ether oxygens (including phenoxy) is 1. The Balaban J connectivity index is 0.688. The van der Waals surface area contributed by atoms with Gasteiger partial charge < -0.3 is 30.2 Å². The molecule has 8 rings (SSSR count). The first kappa shape index (κ1) is 41.9. The molecule has 3 aliphatic heterocycles. The van der Waals surface area contributed by atoms with Gasteiger partial charge in [0.05, 0.1) is 17.5 Å². The average Bonchev–Trinajstić information content (AvgIpc) is 3.79. The van der Waals surface area contributed by atoms with Gasteiger partial charge in [0.15, 0.2) is 18.1 Å². The normalized spacial score (nSPS) is 20.1. The van der Waals surface area contributed by atoms with Crippen LogP contribution in [0.25, 0.3) is 11.2 Å². The van der Waals surface area contributed by atoms with E-state index in [0.717, 1.165) is 48.3 Å². The molecule has 324 valence electrons. The summed E-state index contributed by atoms with van der Waals surface area (Å²) < 4.78 is 7.64. The van der Waals surface area contributed by atoms with Crippen molar-refractivity contribution in [3.05, 3.63) is 71.6 Å². The number of anilines is 1. The standard InChI is InChI=1S/C43H49N11O8/c1-25-6-5-7-32(49-25)40(58)50-27-18-28(19-27)53-24-48-37-38(46-23-47-39(37)53)45-21-26-13-16-52(17-14-26)36(57)8-3-2-4-15-44-35(56)22-62-29-9-10-30-31(20-29)43(61)54(42(30)60)33-11-12-34(55)51-41(33)59/h5-7,9-10,20,23-24,26-28,33H,2-4,8,11-19,21-22H2,1H3,(H,44,56)(H,50,58)(H,45,46,47)(H,51,55,59). The van der Waals surface area contributed by atoms with Crippen molar-refractivity contribution in [3.63, 3.8) is 0 Å². The van der Waals surface area contributed by atoms with Crippen molar-refractivity contribution < 1.29 is 38.3 Å². The van der Waals surface area contributed by atoms with Crippen LogP contribution in [0.3, 0.4) is 0 Å². The topological polar surface area (TPSA) is 240 Å². The molecule has 0 bridgehead atoms. The second-order valence-electron chi connectivity index (χ2n) is 16.3. The molecule has 0 spiro atoms. The van der Waals surface area contributed by atoms with Crippen LogP contribution in [0.4, 0.5) is 5.82 Å². The number of imidazole rings is 1. The lowest BCUT2D eigenvalue weighted by Gasteiger charge is -2.36. The van der Waals surface area contributed by atoms with Gasteiger partial charge in [0.2, 0.25) is 17.7 Å². The largest absolute Gasteiger partial charge is 0.484 e. The summed E-state index contributed by atoms with van der Waals surface area (Å²) in [4.78, 5) is 109. The minimum absolute atomic E-state index is 0.0268. The quantitative estimate of drug-likeness (QED) is 0.0938. The monoisotopic (exact) mass is 847 g/mol. The Labute approximate surface area is 356 Å². The number of carbonyl (C=O) groups excluding carboxylic acids is 7. The number of aryl methyl sites for hydroxylation is 1. The molecule has 6 heterocycles. The van der Waals surface area contributed by atoms with Crippen LogP contribution >= 0.6 is 0 Å². The molecule has 1 aliphatic carbocycles. The maximum absolute atomic E-state index is 13.0. The van der Waals surface area contributed by atoms with E-state index in [4.69, 9.17) is 4.74 Å². The zero-order chi connectivity index (χ0) is 43.3. The van der Waals surface area contributed by atoms with E-state index < -0.39 is 29.7 Å². The van der Waals surface area contributed by atoms with Gasteiger partial charge >= 0.3 is 0 Å². The molecule has 3 fully saturated rings. The van der Waals surface area contributed by atoms with E-state index in [1.54, 1.807) is 18.7 Å². The van der Waals surface area contributed by atoms with Crippen LogP contribution in [0.2, 0.25) is 0 Å². The van der Waals surface area contributed by atoms with Gasteiger partial charge in [0, 0.05) is 56.8 Å². The number of piperidine rings is 2. The number of hydrogen-bond donors (Lipinski definition) is 4. The fourth-order valence-electron chi connectivity index (χ4n) is 8.44. The van der Waals surface area contributed by atoms with Crippen LogP contribution in [0.5, 0.6) is 5.75 Å². The van der Waals surface area contributed by atoms with Gasteiger partial charge in [-0.05, 0) is 88.1 Å². The van der Waals surface area contributed by atoms with E-state index >= 15 is 0 Å². The van der Waals surface area contributed by atoms with Crippen LogP contribution in [-0.4, -0.2) is 121 Å². The fourth-order valence-corrected chi connectivity index (χ4v) is 8.44. The maximum atomic E-state index is 13.0. The highest BCUT2D eigenvalue weighted by Gasteiger charge is 2.45. The minimum Gasteiger partial charge on any atom is -0.484 e. The van der Waals surface area contributed by atoms with Crippen molar-refractivity contribution >= 4 is 58.3 Å². The Kier molecular flexibility index (Phi) is 12.5. The summed E-state index contributed by atoms with van der Waals surface area (Å²) in [5.74, 6) is -1.51. The van der Waals surface area contributed by atoms with Crippen LogP contribution in [0.1, 0.15) is 107 Å². The second kappa shape index (κ2) is 18.4. The number of rotatable bonds is 16. The number of carbonyl (C=O) groups is 7. The van der Waals surface area contributed by atoms with E-state index in [1.165, 1.54) is 18.2 Å². The summed E-state index contributed by atoms with van der Waals surface area (Å²) >= 11 is 0. The van der Waals surface area contributed by atoms with Gasteiger partial charge in [-0.1, -0.05) is 12.5 Å². The maximum Gasteiger partial charge on any atom is 0.270 e. The number of aromatic nitrogens is 5. The third-order valence-electron chi connectivity index (χ3n) is 12.0. The molecule has 7 amide bonds. The van der Waals surface area contributed by atoms with Gasteiger partial charge in [-0.25, -0.2) is 19.9 Å². The molecule has 3 aromatic heterocycles. The molecule has 1 atom stereocenters. The number of benzene rings is 1. The molecule has 4 aliphatic rings. The highest BCUT2D eigenvalue weighted by molar-refractivity contribution is 6.23. The summed E-state index contributed by atoms with van der Waals surface area (Å²) in [6.45, 7) is 4.08. The summed E-state index contributed by atoms with van der Waals surface area (Å²) in [5, 5.41) is 11.5. The molecule has 4 N–H and O–H groups in total. The second-order valence-corrected chi connectivity index (χ2v) is 16.3. The number of fused-ring (bicyclic) bond motifs is 2. The van der Waals surface area contributed by atoms with Crippen molar-refractivity contribution in [1.82, 2.24) is 50.3 Å². The van der Waals surface area contributed by atoms with Gasteiger partial charge in [-0.3, -0.25) is 43.8 Å². The minimum atomic E-state index is -1.07. The van der Waals surface area contributed by atoms with Gasteiger partial charge in [0.25, 0.3) is 23.6 Å². The zero-order valence-corrected chi connectivity index (χ0v) is 34.4. The lowest BCUT2D eigenvalue weighted by atomic mass is 9.86. The molecule has 19 nitrogen and oxygen atoms in total. The lowest BCUT2D eigenvalue weighted by molar-refractivity contribution is -0.136. The first-order valence-corrected chi connectivity index (χ1v) is 21.2. The number of hydrogen-bond acceptors (Lipinski definition) is 13. The zero-order valence-electron chi connectivity index (χ0n) is 34.4. The Hall–Kier alpha value is -6.79. The molecule has 2 saturated heterocycles. The summed E-state index contributed by atoms with van der Waals surface area (Å²) in [7, 11) is 0. The van der Waals surface area contributed by atoms with Crippen LogP contribution in [-0.2, 0) is 19.2 Å². The Morgan fingerprint density at radius 3 is 2.52 bits per heavy atom. The number of pyridine rings is 1. The molecule has 1 saturated carbocycles. The number of nitrogens with one attached hydrogen (secondary N) is 4. The van der Waals surface area contributed by atoms with E-state index in [2.05, 4.69) is 45.8 Å². The summed E-state index contributed by atoms with van der Waals surface area (Å²) in [5.41, 5.74) is 2.88. The number of imide groups is 2. The molecule has 19 heteroatoms. The lowest BCUT2D eigenvalue weighted by Crippen LogP contribution is -2.54. The van der Waals surface area contributed by atoms with Crippen molar-refractivity contribution in [1.29, 1.82) is 0 Å². The molecule has 0 radical (unpaired) electrons. The molecule has 1 unspecified atom stereocenters. The smallest absolute Gasteiger partial charge is 0.270 e. The van der Waals surface area contributed by atoms with Gasteiger partial charge in [-0.2, -0.15) is 0 Å². The van der Waals surface area contributed by atoms with Crippen molar-refractivity contribution in [2.24, 2.45) is 5.92 Å². The third kappa shape index (κ3) is 9.25. The fraction of sp³-hybridized carbons (Fsp3) is 0.465. The Morgan fingerprint density at radius 2 is 1.73 bits per heavy atom. The number of unbranched alkanes of at least 4 members (excludes halogenated alkanes) is 2. The summed E-state index contributed by atoms with van der Waals surface area (Å²) in [6, 6.07) is 8.86. The highest BCUT2D eigenvalue weighted by atomic mass is 16.5. The average molecular weight is 848 g/mol. The van der Waals surface area contributed by atoms with Crippen LogP contribution < -0.4 is 26.0 Å². The van der Waals surface area contributed by atoms with E-state index in [-0.39, 0.29) is 66.1 Å². The molecular formula is C43H49N11O8. The van der Waals surface area contributed by atoms with E-state index in [1.807, 2.05) is 24.0 Å². The first-order valence-electron chi connectivity index (χ1n) is 21.2. The number of likely N-dealkylation sites (tertiary alicyclic amines) is 1. The van der Waals surface area contributed by atoms with Crippen molar-refractivity contribution in [2.75, 3.05) is 38.1 Å². The Bertz CT molecular complexity index is 2410. The van der Waals surface area contributed by atoms with Crippen LogP contribution in [0, 0.1) is 12.8 Å². The number of nitrogens with zero attached hydrogens (tertiary/aromatic N) is 7. The predicted molar refractivity (Wildman–Crippen MR) is 222 cm³/mol. The molecule has 62 heavy (non-hydrogen) atoms. The van der Waals surface area contributed by atoms with Crippen molar-refractivity contribution in [2.45, 2.75) is 89.3 Å². The number of amides is 7. The summed E-state index contributed by atoms with van der Waals surface area (Å²) in [6.07, 6.45) is 9.35. The molecular weight excluding hydrogens is 799 g/mol. The highest BCUT2D eigenvalue weighted by Crippen LogP contribution is 2.35. The van der Waals surface area contributed by atoms with Gasteiger partial charge in [-0.15, -0.1) is 0 Å². The molecule has 4 aromatic rings. The van der Waals surface area contributed by atoms with E-state index in [9.17, 15) is 33.6 Å². The van der Waals surface area contributed by atoms with Crippen LogP contribution in [0.15, 0.2) is 49.1 Å². The van der Waals surface area contributed by atoms with Crippen molar-refractivity contribution in [3.8, 4) is 5.75 Å². The molecule has 1 aromatic carbocycles. The predicted octanol–water partition coefficient (Wildman–Crippen LogP) is 2.47. The SMILES string of the molecule is Cc1cccc(C(=O)NC2CC(n3cnc4c(NCC5CCN(C(=O)CCCCCNC(=O)COc6ccc7c(c6)C(=O)N(C6CCC(=O)NC6=O)C7=O)CC5)ncnc43)C2)n1. The van der Waals surface area contributed by atoms with E-state index in [0.29, 0.717) is 68.4 Å². The Morgan fingerprint density at radius 1 is 0.919 bits per heavy atom. The third-order valence-corrected chi connectivity index (χ3v) is 12.0.